The maximum atomic E-state index is 13.1. The second kappa shape index (κ2) is 10.7. The van der Waals surface area contributed by atoms with Crippen molar-refractivity contribution in [2.75, 3.05) is 4.90 Å². The van der Waals surface area contributed by atoms with Crippen LogP contribution in [0.5, 0.6) is 0 Å². The Bertz CT molecular complexity index is 2010. The summed E-state index contributed by atoms with van der Waals surface area (Å²) in [5, 5.41) is 0. The molecule has 0 bridgehead atoms. The van der Waals surface area contributed by atoms with E-state index in [2.05, 4.69) is 127 Å². The lowest BCUT2D eigenvalue weighted by atomic mass is 9.86. The molecule has 236 valence electrons. The van der Waals surface area contributed by atoms with Crippen molar-refractivity contribution in [3.63, 3.8) is 0 Å². The van der Waals surface area contributed by atoms with Crippen LogP contribution < -0.4 is 4.90 Å². The van der Waals surface area contributed by atoms with Gasteiger partial charge in [-0.3, -0.25) is 14.5 Å². The number of rotatable bonds is 4. The summed E-state index contributed by atoms with van der Waals surface area (Å²) >= 11 is 1.62. The molecule has 0 spiro atoms. The average Bonchev–Trinajstić information content (AvgIpc) is 3.63. The van der Waals surface area contributed by atoms with Crippen LogP contribution in [0.25, 0.3) is 16.5 Å². The van der Waals surface area contributed by atoms with E-state index in [1.54, 1.807) is 41.7 Å². The van der Waals surface area contributed by atoms with Gasteiger partial charge >= 0.3 is 0 Å². The minimum atomic E-state index is -0.363. The van der Waals surface area contributed by atoms with Gasteiger partial charge in [-0.25, -0.2) is 4.98 Å². The zero-order valence-corrected chi connectivity index (χ0v) is 29.2. The van der Waals surface area contributed by atoms with E-state index < -0.39 is 0 Å². The summed E-state index contributed by atoms with van der Waals surface area (Å²) in [5.41, 5.74) is 8.94. The molecule has 0 saturated heterocycles. The van der Waals surface area contributed by atoms with Crippen LogP contribution >= 0.6 is 11.3 Å². The predicted molar refractivity (Wildman–Crippen MR) is 195 cm³/mol. The number of fused-ring (bicyclic) bond motifs is 4. The van der Waals surface area contributed by atoms with Gasteiger partial charge in [-0.05, 0) is 76.1 Å². The number of nitrogens with zero attached hydrogens (tertiary/aromatic N) is 2. The van der Waals surface area contributed by atoms with Crippen LogP contribution in [0, 0.1) is 0 Å². The van der Waals surface area contributed by atoms with Gasteiger partial charge in [-0.2, -0.15) is 0 Å². The number of aromatic nitrogens is 1. The topological polar surface area (TPSA) is 50.3 Å². The fourth-order valence-electron chi connectivity index (χ4n) is 6.69. The third kappa shape index (κ3) is 5.18. The summed E-state index contributed by atoms with van der Waals surface area (Å²) in [5.74, 6) is 0.467. The Hall–Kier alpha value is -4.61. The van der Waals surface area contributed by atoms with Gasteiger partial charge in [0.05, 0.1) is 11.3 Å². The SMILES string of the molecule is CC(C)(C)c1ccc(N(c2ccc(C(C)(C)C)cc2)c2ccc3c(n2)C(C)(C)c2cc(C=C4C(=O)c5ccccc5C4=O)sc2-3)cc1. The Morgan fingerprint density at radius 3 is 1.68 bits per heavy atom. The van der Waals surface area contributed by atoms with Crippen LogP contribution in [0.2, 0.25) is 0 Å². The number of Topliss-reactive ketones (excluding diaryl/α,β-unsaturated/α-hetero) is 2. The van der Waals surface area contributed by atoms with Gasteiger partial charge in [0.2, 0.25) is 0 Å². The second-order valence-electron chi connectivity index (χ2n) is 15.3. The Kier molecular flexibility index (Phi) is 7.07. The molecule has 0 atom stereocenters. The number of benzene rings is 3. The predicted octanol–water partition coefficient (Wildman–Crippen LogP) is 11.0. The molecule has 2 heterocycles. The minimum Gasteiger partial charge on any atom is -0.295 e. The van der Waals surface area contributed by atoms with Crippen LogP contribution in [0.3, 0.4) is 0 Å². The molecular weight excluding hydrogens is 597 g/mol. The van der Waals surface area contributed by atoms with E-state index in [-0.39, 0.29) is 33.4 Å². The fourth-order valence-corrected chi connectivity index (χ4v) is 7.97. The highest BCUT2D eigenvalue weighted by molar-refractivity contribution is 7.16. The van der Waals surface area contributed by atoms with E-state index in [9.17, 15) is 9.59 Å². The Labute approximate surface area is 281 Å². The summed E-state index contributed by atoms with van der Waals surface area (Å²) in [4.78, 5) is 35.8. The first-order valence-corrected chi connectivity index (χ1v) is 17.0. The molecule has 2 aliphatic rings. The number of thiophene rings is 1. The number of carbonyl (C=O) groups excluding carboxylic acids is 2. The van der Waals surface area contributed by atoms with Crippen molar-refractivity contribution in [2.24, 2.45) is 0 Å². The lowest BCUT2D eigenvalue weighted by Gasteiger charge is -2.28. The van der Waals surface area contributed by atoms with E-state index in [1.165, 1.54) is 16.7 Å². The van der Waals surface area contributed by atoms with Gasteiger partial charge in [0, 0.05) is 43.2 Å². The summed E-state index contributed by atoms with van der Waals surface area (Å²) < 4.78 is 0. The molecule has 0 N–H and O–H groups in total. The van der Waals surface area contributed by atoms with Crippen molar-refractivity contribution >= 4 is 46.2 Å². The molecule has 7 rings (SSSR count). The third-order valence-electron chi connectivity index (χ3n) is 9.55. The monoisotopic (exact) mass is 636 g/mol. The highest BCUT2D eigenvalue weighted by atomic mass is 32.1. The number of carbonyl (C=O) groups is 2. The molecule has 2 aliphatic carbocycles. The van der Waals surface area contributed by atoms with Crippen LogP contribution in [0.15, 0.2) is 96.6 Å². The van der Waals surface area contributed by atoms with Gasteiger partial charge in [0.15, 0.2) is 11.6 Å². The molecule has 0 aliphatic heterocycles. The summed E-state index contributed by atoms with van der Waals surface area (Å²) in [6.45, 7) is 17.8. The number of hydrogen-bond donors (Lipinski definition) is 0. The first kappa shape index (κ1) is 31.0. The number of ketones is 2. The normalized spacial score (nSPS) is 15.0. The molecule has 47 heavy (non-hydrogen) atoms. The lowest BCUT2D eigenvalue weighted by Crippen LogP contribution is -2.19. The molecule has 5 heteroatoms. The second-order valence-corrected chi connectivity index (χ2v) is 16.4. The number of allylic oxidation sites excluding steroid dienone is 1. The molecule has 0 fully saturated rings. The first-order chi connectivity index (χ1) is 22.1. The summed E-state index contributed by atoms with van der Waals surface area (Å²) in [7, 11) is 0. The molecule has 3 aromatic carbocycles. The molecule has 0 radical (unpaired) electrons. The third-order valence-corrected chi connectivity index (χ3v) is 10.7. The van der Waals surface area contributed by atoms with Crippen LogP contribution in [0.1, 0.15) is 103 Å². The number of hydrogen-bond acceptors (Lipinski definition) is 5. The summed E-state index contributed by atoms with van der Waals surface area (Å²) in [6.07, 6.45) is 1.77. The van der Waals surface area contributed by atoms with E-state index in [0.717, 1.165) is 38.2 Å². The molecule has 4 nitrogen and oxygen atoms in total. The smallest absolute Gasteiger partial charge is 0.197 e. The van der Waals surface area contributed by atoms with E-state index >= 15 is 0 Å². The molecule has 0 saturated carbocycles. The van der Waals surface area contributed by atoms with Crippen molar-refractivity contribution < 1.29 is 9.59 Å². The largest absolute Gasteiger partial charge is 0.295 e. The van der Waals surface area contributed by atoms with Gasteiger partial charge in [-0.1, -0.05) is 104 Å². The highest BCUT2D eigenvalue weighted by Gasteiger charge is 2.40. The molecule has 0 unspecified atom stereocenters. The molecule has 2 aromatic heterocycles. The molecular formula is C42H40N2O2S. The Morgan fingerprint density at radius 2 is 1.19 bits per heavy atom. The maximum absolute atomic E-state index is 13.1. The number of anilines is 3. The summed E-state index contributed by atoms with van der Waals surface area (Å²) in [6, 6.07) is 31.1. The Morgan fingerprint density at radius 1 is 0.681 bits per heavy atom. The number of pyridine rings is 1. The van der Waals surface area contributed by atoms with Crippen molar-refractivity contribution in [1.29, 1.82) is 0 Å². The zero-order chi connectivity index (χ0) is 33.5. The van der Waals surface area contributed by atoms with Crippen molar-refractivity contribution in [1.82, 2.24) is 4.98 Å². The van der Waals surface area contributed by atoms with Gasteiger partial charge in [0.25, 0.3) is 0 Å². The van der Waals surface area contributed by atoms with Crippen LogP contribution in [0.4, 0.5) is 17.2 Å². The average molecular weight is 637 g/mol. The lowest BCUT2D eigenvalue weighted by molar-refractivity contribution is 0.0990. The molecule has 0 amide bonds. The quantitative estimate of drug-likeness (QED) is 0.145. The zero-order valence-electron chi connectivity index (χ0n) is 28.4. The van der Waals surface area contributed by atoms with Gasteiger partial charge < -0.3 is 0 Å². The standard InChI is InChI=1S/C42H40N2O2S/c1-40(2,3)25-13-17-27(18-14-25)44(28-19-15-26(16-20-28)41(4,5)6)35-22-21-32-38-34(42(7,8)39(32)43-35)24-29(47-38)23-33-36(45)30-11-9-10-12-31(30)37(33)46/h9-24H,1-8H3. The minimum absolute atomic E-state index is 0.0576. The first-order valence-electron chi connectivity index (χ1n) is 16.2. The molecule has 5 aromatic rings. The van der Waals surface area contributed by atoms with Crippen molar-refractivity contribution in [2.45, 2.75) is 71.6 Å². The van der Waals surface area contributed by atoms with E-state index in [1.807, 2.05) is 0 Å². The fraction of sp³-hybridized carbons (Fsp3) is 0.262. The maximum Gasteiger partial charge on any atom is 0.197 e. The highest BCUT2D eigenvalue weighted by Crippen LogP contribution is 2.53. The van der Waals surface area contributed by atoms with E-state index in [0.29, 0.717) is 11.1 Å². The van der Waals surface area contributed by atoms with Gasteiger partial charge in [-0.15, -0.1) is 11.3 Å². The van der Waals surface area contributed by atoms with Crippen molar-refractivity contribution in [3.8, 4) is 10.4 Å². The van der Waals surface area contributed by atoms with Crippen LogP contribution in [-0.4, -0.2) is 16.6 Å². The van der Waals surface area contributed by atoms with Crippen molar-refractivity contribution in [3.05, 3.63) is 135 Å². The Balaban J connectivity index is 1.29. The van der Waals surface area contributed by atoms with E-state index in [4.69, 9.17) is 4.98 Å². The van der Waals surface area contributed by atoms with Gasteiger partial charge in [0.1, 0.15) is 5.82 Å². The van der Waals surface area contributed by atoms with Crippen LogP contribution in [-0.2, 0) is 16.2 Å².